The lowest BCUT2D eigenvalue weighted by Crippen LogP contribution is -2.01. The second kappa shape index (κ2) is 3.78. The molecule has 0 amide bonds. The molecule has 94 valence electrons. The Hall–Kier alpha value is -2.43. The predicted octanol–water partition coefficient (Wildman–Crippen LogP) is 2.41. The van der Waals surface area contributed by atoms with Gasteiger partial charge in [0.2, 0.25) is 0 Å². The summed E-state index contributed by atoms with van der Waals surface area (Å²) >= 11 is 0. The van der Waals surface area contributed by atoms with Crippen LogP contribution in [0.25, 0.3) is 22.6 Å². The van der Waals surface area contributed by atoms with Gasteiger partial charge in [-0.2, -0.15) is 0 Å². The van der Waals surface area contributed by atoms with Gasteiger partial charge in [0.25, 0.3) is 0 Å². The van der Waals surface area contributed by atoms with E-state index in [0.29, 0.717) is 11.7 Å². The fourth-order valence-electron chi connectivity index (χ4n) is 2.42. The van der Waals surface area contributed by atoms with Crippen LogP contribution >= 0.6 is 0 Å². The number of pyridine rings is 2. The SMILES string of the molecule is Nc1cccnc1-c1nc2cnccc2n1C1CC1. The van der Waals surface area contributed by atoms with Crippen molar-refractivity contribution in [1.82, 2.24) is 19.5 Å². The molecule has 0 unspecified atom stereocenters. The van der Waals surface area contributed by atoms with Gasteiger partial charge in [-0.15, -0.1) is 0 Å². The minimum atomic E-state index is 0.517. The molecule has 0 aliphatic heterocycles. The average molecular weight is 251 g/mol. The number of anilines is 1. The number of aromatic nitrogens is 4. The lowest BCUT2D eigenvalue weighted by Gasteiger charge is -2.08. The van der Waals surface area contributed by atoms with E-state index >= 15 is 0 Å². The summed E-state index contributed by atoms with van der Waals surface area (Å²) in [5.41, 5.74) is 9.45. The van der Waals surface area contributed by atoms with E-state index in [4.69, 9.17) is 5.73 Å². The maximum absolute atomic E-state index is 6.03. The number of fused-ring (bicyclic) bond motifs is 1. The largest absolute Gasteiger partial charge is 0.397 e. The molecule has 1 saturated carbocycles. The molecule has 1 fully saturated rings. The minimum Gasteiger partial charge on any atom is -0.397 e. The van der Waals surface area contributed by atoms with Gasteiger partial charge in [0.05, 0.1) is 17.4 Å². The molecule has 0 radical (unpaired) electrons. The first-order valence-corrected chi connectivity index (χ1v) is 6.37. The van der Waals surface area contributed by atoms with Gasteiger partial charge in [0.15, 0.2) is 5.82 Å². The molecule has 2 N–H and O–H groups in total. The molecule has 19 heavy (non-hydrogen) atoms. The van der Waals surface area contributed by atoms with E-state index in [1.54, 1.807) is 18.6 Å². The molecule has 5 heteroatoms. The normalized spacial score (nSPS) is 14.9. The molecule has 3 aromatic heterocycles. The van der Waals surface area contributed by atoms with Crippen molar-refractivity contribution in [1.29, 1.82) is 0 Å². The molecule has 4 rings (SSSR count). The van der Waals surface area contributed by atoms with E-state index in [0.717, 1.165) is 22.6 Å². The summed E-state index contributed by atoms with van der Waals surface area (Å²) in [5, 5.41) is 0. The van der Waals surface area contributed by atoms with Gasteiger partial charge in [0, 0.05) is 18.4 Å². The molecular weight excluding hydrogens is 238 g/mol. The van der Waals surface area contributed by atoms with Crippen molar-refractivity contribution in [2.24, 2.45) is 0 Å². The van der Waals surface area contributed by atoms with Crippen LogP contribution in [-0.2, 0) is 0 Å². The summed E-state index contributed by atoms with van der Waals surface area (Å²) in [5.74, 6) is 0.851. The monoisotopic (exact) mass is 251 g/mol. The Labute approximate surface area is 110 Å². The molecule has 0 atom stereocenters. The van der Waals surface area contributed by atoms with Crippen LogP contribution in [0.15, 0.2) is 36.8 Å². The fourth-order valence-corrected chi connectivity index (χ4v) is 2.42. The molecule has 1 aliphatic carbocycles. The summed E-state index contributed by atoms with van der Waals surface area (Å²) in [6.45, 7) is 0. The molecule has 1 aliphatic rings. The zero-order valence-electron chi connectivity index (χ0n) is 10.3. The van der Waals surface area contributed by atoms with Crippen molar-refractivity contribution in [3.63, 3.8) is 0 Å². The number of nitrogens with two attached hydrogens (primary N) is 1. The molecule has 3 aromatic rings. The summed E-state index contributed by atoms with van der Waals surface area (Å²) < 4.78 is 2.25. The van der Waals surface area contributed by atoms with Crippen molar-refractivity contribution < 1.29 is 0 Å². The Balaban J connectivity index is 2.04. The maximum Gasteiger partial charge on any atom is 0.162 e. The number of hydrogen-bond acceptors (Lipinski definition) is 4. The molecule has 0 aromatic carbocycles. The summed E-state index contributed by atoms with van der Waals surface area (Å²) in [6, 6.07) is 6.22. The molecule has 0 saturated heterocycles. The third-order valence-electron chi connectivity index (χ3n) is 3.45. The average Bonchev–Trinajstić information content (AvgIpc) is 3.19. The predicted molar refractivity (Wildman–Crippen MR) is 73.4 cm³/mol. The number of rotatable bonds is 2. The lowest BCUT2D eigenvalue weighted by molar-refractivity contribution is 0.772. The first-order valence-electron chi connectivity index (χ1n) is 6.37. The second-order valence-electron chi connectivity index (χ2n) is 4.84. The van der Waals surface area contributed by atoms with Gasteiger partial charge in [-0.05, 0) is 31.0 Å². The highest BCUT2D eigenvalue weighted by molar-refractivity contribution is 5.81. The Morgan fingerprint density at radius 3 is 2.89 bits per heavy atom. The van der Waals surface area contributed by atoms with Crippen LogP contribution in [0.1, 0.15) is 18.9 Å². The highest BCUT2D eigenvalue weighted by Gasteiger charge is 2.29. The smallest absolute Gasteiger partial charge is 0.162 e. The molecule has 0 bridgehead atoms. The van der Waals surface area contributed by atoms with Crippen LogP contribution < -0.4 is 5.73 Å². The first-order chi connectivity index (χ1) is 9.34. The van der Waals surface area contributed by atoms with Gasteiger partial charge in [0.1, 0.15) is 11.2 Å². The van der Waals surface area contributed by atoms with E-state index in [2.05, 4.69) is 19.5 Å². The Kier molecular flexibility index (Phi) is 2.09. The fraction of sp³-hybridized carbons (Fsp3) is 0.214. The highest BCUT2D eigenvalue weighted by Crippen LogP contribution is 2.41. The summed E-state index contributed by atoms with van der Waals surface area (Å²) in [4.78, 5) is 13.2. The van der Waals surface area contributed by atoms with Crippen LogP contribution in [0.5, 0.6) is 0 Å². The summed E-state index contributed by atoms with van der Waals surface area (Å²) in [7, 11) is 0. The molecule has 0 spiro atoms. The van der Waals surface area contributed by atoms with Gasteiger partial charge < -0.3 is 10.3 Å². The van der Waals surface area contributed by atoms with Gasteiger partial charge >= 0.3 is 0 Å². The van der Waals surface area contributed by atoms with Gasteiger partial charge in [-0.3, -0.25) is 9.97 Å². The standard InChI is InChI=1S/C14H13N5/c15-10-2-1-6-17-13(10)14-18-11-8-16-7-5-12(11)19(14)9-3-4-9/h1-2,5-9H,3-4,15H2. The van der Waals surface area contributed by atoms with Crippen LogP contribution in [0, 0.1) is 0 Å². The topological polar surface area (TPSA) is 69.6 Å². The molecule has 5 nitrogen and oxygen atoms in total. The van der Waals surface area contributed by atoms with Crippen LogP contribution in [-0.4, -0.2) is 19.5 Å². The van der Waals surface area contributed by atoms with Gasteiger partial charge in [-0.1, -0.05) is 0 Å². The van der Waals surface area contributed by atoms with Crippen LogP contribution in [0.2, 0.25) is 0 Å². The zero-order chi connectivity index (χ0) is 12.8. The van der Waals surface area contributed by atoms with Crippen molar-refractivity contribution in [3.8, 4) is 11.5 Å². The Bertz CT molecular complexity index is 757. The Morgan fingerprint density at radius 2 is 2.11 bits per heavy atom. The number of nitrogens with zero attached hydrogens (tertiary/aromatic N) is 4. The second-order valence-corrected chi connectivity index (χ2v) is 4.84. The van der Waals surface area contributed by atoms with E-state index in [1.807, 2.05) is 18.2 Å². The first kappa shape index (κ1) is 10.5. The zero-order valence-corrected chi connectivity index (χ0v) is 10.3. The van der Waals surface area contributed by atoms with E-state index in [1.165, 1.54) is 12.8 Å². The van der Waals surface area contributed by atoms with Gasteiger partial charge in [-0.25, -0.2) is 4.98 Å². The van der Waals surface area contributed by atoms with Crippen LogP contribution in [0.4, 0.5) is 5.69 Å². The molecule has 3 heterocycles. The number of imidazole rings is 1. The third-order valence-corrected chi connectivity index (χ3v) is 3.45. The van der Waals surface area contributed by atoms with E-state index in [9.17, 15) is 0 Å². The lowest BCUT2D eigenvalue weighted by atomic mass is 10.3. The van der Waals surface area contributed by atoms with E-state index in [-0.39, 0.29) is 0 Å². The van der Waals surface area contributed by atoms with Crippen LogP contribution in [0.3, 0.4) is 0 Å². The number of hydrogen-bond donors (Lipinski definition) is 1. The molecular formula is C14H13N5. The summed E-state index contributed by atoms with van der Waals surface area (Å²) in [6.07, 6.45) is 7.72. The van der Waals surface area contributed by atoms with E-state index < -0.39 is 0 Å². The Morgan fingerprint density at radius 1 is 1.21 bits per heavy atom. The highest BCUT2D eigenvalue weighted by atomic mass is 15.1. The number of nitrogen functional groups attached to an aromatic ring is 1. The van der Waals surface area contributed by atoms with Crippen molar-refractivity contribution in [2.75, 3.05) is 5.73 Å². The van der Waals surface area contributed by atoms with Crippen molar-refractivity contribution in [3.05, 3.63) is 36.8 Å². The quantitative estimate of drug-likeness (QED) is 0.759. The maximum atomic E-state index is 6.03. The van der Waals surface area contributed by atoms with Crippen molar-refractivity contribution in [2.45, 2.75) is 18.9 Å². The minimum absolute atomic E-state index is 0.517. The van der Waals surface area contributed by atoms with Crippen molar-refractivity contribution >= 4 is 16.7 Å². The third kappa shape index (κ3) is 1.58.